The number of nitro groups is 1. The number of carbonyl (C=O) groups is 1. The summed E-state index contributed by atoms with van der Waals surface area (Å²) in [5.41, 5.74) is 2.06. The third kappa shape index (κ3) is 5.01. The van der Waals surface area contributed by atoms with Gasteiger partial charge in [0.2, 0.25) is 5.91 Å². The van der Waals surface area contributed by atoms with Crippen LogP contribution in [0, 0.1) is 10.1 Å². The van der Waals surface area contributed by atoms with Gasteiger partial charge in [0.1, 0.15) is 0 Å². The average Bonchev–Trinajstić information content (AvgIpc) is 2.53. The van der Waals surface area contributed by atoms with Crippen molar-refractivity contribution in [1.29, 1.82) is 0 Å². The van der Waals surface area contributed by atoms with Crippen molar-refractivity contribution in [1.82, 2.24) is 5.32 Å². The van der Waals surface area contributed by atoms with E-state index in [1.165, 1.54) is 17.7 Å². The molecule has 0 unspecified atom stereocenters. The second-order valence-electron chi connectivity index (χ2n) is 5.04. The lowest BCUT2D eigenvalue weighted by Crippen LogP contribution is -2.26. The SMILES string of the molecule is O=C(Cc1ccc([N+](=O)[O-])cc1)NCCCc1ccccc1. The van der Waals surface area contributed by atoms with Crippen LogP contribution in [0.4, 0.5) is 5.69 Å². The van der Waals surface area contributed by atoms with Gasteiger partial charge < -0.3 is 5.32 Å². The topological polar surface area (TPSA) is 72.2 Å². The van der Waals surface area contributed by atoms with Gasteiger partial charge in [-0.15, -0.1) is 0 Å². The maximum atomic E-state index is 11.8. The van der Waals surface area contributed by atoms with Crippen molar-refractivity contribution in [3.63, 3.8) is 0 Å². The Balaban J connectivity index is 1.70. The van der Waals surface area contributed by atoms with Crippen LogP contribution in [-0.2, 0) is 17.6 Å². The highest BCUT2D eigenvalue weighted by molar-refractivity contribution is 5.78. The van der Waals surface area contributed by atoms with Crippen molar-refractivity contribution in [2.75, 3.05) is 6.54 Å². The summed E-state index contributed by atoms with van der Waals surface area (Å²) in [5, 5.41) is 13.4. The van der Waals surface area contributed by atoms with Gasteiger partial charge in [0, 0.05) is 18.7 Å². The van der Waals surface area contributed by atoms with E-state index >= 15 is 0 Å². The van der Waals surface area contributed by atoms with Gasteiger partial charge in [-0.05, 0) is 24.0 Å². The molecule has 0 bridgehead atoms. The molecule has 2 aromatic carbocycles. The Kier molecular flexibility index (Phi) is 5.65. The fourth-order valence-corrected chi connectivity index (χ4v) is 2.15. The van der Waals surface area contributed by atoms with Gasteiger partial charge in [0.05, 0.1) is 11.3 Å². The molecular formula is C17H18N2O3. The van der Waals surface area contributed by atoms with Crippen LogP contribution in [0.15, 0.2) is 54.6 Å². The van der Waals surface area contributed by atoms with Crippen molar-refractivity contribution in [2.24, 2.45) is 0 Å². The zero-order chi connectivity index (χ0) is 15.8. The minimum atomic E-state index is -0.451. The molecule has 2 aromatic rings. The summed E-state index contributed by atoms with van der Waals surface area (Å²) < 4.78 is 0. The zero-order valence-electron chi connectivity index (χ0n) is 12.2. The second kappa shape index (κ2) is 7.93. The maximum absolute atomic E-state index is 11.8. The highest BCUT2D eigenvalue weighted by atomic mass is 16.6. The molecule has 1 N–H and O–H groups in total. The molecular weight excluding hydrogens is 280 g/mol. The quantitative estimate of drug-likeness (QED) is 0.485. The number of non-ortho nitro benzene ring substituents is 1. The van der Waals surface area contributed by atoms with E-state index in [9.17, 15) is 14.9 Å². The first kappa shape index (κ1) is 15.7. The molecule has 0 aliphatic rings. The second-order valence-corrected chi connectivity index (χ2v) is 5.04. The predicted octanol–water partition coefficient (Wildman–Crippen LogP) is 2.89. The van der Waals surface area contributed by atoms with E-state index in [0.29, 0.717) is 6.54 Å². The average molecular weight is 298 g/mol. The smallest absolute Gasteiger partial charge is 0.269 e. The molecule has 22 heavy (non-hydrogen) atoms. The Bertz CT molecular complexity index is 624. The molecule has 5 heteroatoms. The van der Waals surface area contributed by atoms with Gasteiger partial charge in [0.25, 0.3) is 5.69 Å². The summed E-state index contributed by atoms with van der Waals surface area (Å²) in [6.07, 6.45) is 2.05. The van der Waals surface area contributed by atoms with Crippen molar-refractivity contribution in [3.8, 4) is 0 Å². The lowest BCUT2D eigenvalue weighted by atomic mass is 10.1. The molecule has 2 rings (SSSR count). The minimum Gasteiger partial charge on any atom is -0.356 e. The summed E-state index contributed by atoms with van der Waals surface area (Å²) in [6, 6.07) is 16.2. The number of hydrogen-bond acceptors (Lipinski definition) is 3. The Labute approximate surface area is 129 Å². The van der Waals surface area contributed by atoms with E-state index in [1.807, 2.05) is 18.2 Å². The zero-order valence-corrected chi connectivity index (χ0v) is 12.2. The van der Waals surface area contributed by atoms with Crippen LogP contribution in [0.25, 0.3) is 0 Å². The molecule has 0 saturated carbocycles. The van der Waals surface area contributed by atoms with E-state index < -0.39 is 4.92 Å². The molecule has 5 nitrogen and oxygen atoms in total. The number of aryl methyl sites for hydroxylation is 1. The lowest BCUT2D eigenvalue weighted by molar-refractivity contribution is -0.384. The van der Waals surface area contributed by atoms with Crippen LogP contribution in [0.3, 0.4) is 0 Å². The Morgan fingerprint density at radius 1 is 1.00 bits per heavy atom. The monoisotopic (exact) mass is 298 g/mol. The summed E-state index contributed by atoms with van der Waals surface area (Å²) in [6.45, 7) is 0.626. The molecule has 0 fully saturated rings. The number of nitro benzene ring substituents is 1. The summed E-state index contributed by atoms with van der Waals surface area (Å²) in [4.78, 5) is 21.9. The number of nitrogens with zero attached hydrogens (tertiary/aromatic N) is 1. The Hall–Kier alpha value is -2.69. The van der Waals surface area contributed by atoms with Crippen molar-refractivity contribution < 1.29 is 9.72 Å². The van der Waals surface area contributed by atoms with Gasteiger partial charge in [0.15, 0.2) is 0 Å². The van der Waals surface area contributed by atoms with Crippen LogP contribution in [0.2, 0.25) is 0 Å². The molecule has 0 atom stereocenters. The summed E-state index contributed by atoms with van der Waals surface area (Å²) in [5.74, 6) is -0.0677. The molecule has 1 amide bonds. The van der Waals surface area contributed by atoms with Crippen LogP contribution in [-0.4, -0.2) is 17.4 Å². The van der Waals surface area contributed by atoms with Crippen LogP contribution >= 0.6 is 0 Å². The minimum absolute atomic E-state index is 0.0343. The molecule has 0 aromatic heterocycles. The largest absolute Gasteiger partial charge is 0.356 e. The van der Waals surface area contributed by atoms with E-state index in [1.54, 1.807) is 12.1 Å². The fourth-order valence-electron chi connectivity index (χ4n) is 2.15. The molecule has 114 valence electrons. The molecule has 0 spiro atoms. The van der Waals surface area contributed by atoms with Crippen molar-refractivity contribution >= 4 is 11.6 Å². The van der Waals surface area contributed by atoms with E-state index in [-0.39, 0.29) is 18.0 Å². The van der Waals surface area contributed by atoms with Gasteiger partial charge in [-0.1, -0.05) is 42.5 Å². The molecule has 0 saturated heterocycles. The van der Waals surface area contributed by atoms with Crippen LogP contribution in [0.5, 0.6) is 0 Å². The van der Waals surface area contributed by atoms with Crippen LogP contribution < -0.4 is 5.32 Å². The normalized spacial score (nSPS) is 10.2. The standard InChI is InChI=1S/C17H18N2O3/c20-17(13-15-8-10-16(11-9-15)19(21)22)18-12-4-7-14-5-2-1-3-6-14/h1-3,5-6,8-11H,4,7,12-13H2,(H,18,20). The first-order valence-corrected chi connectivity index (χ1v) is 7.19. The Morgan fingerprint density at radius 2 is 1.68 bits per heavy atom. The predicted molar refractivity (Wildman–Crippen MR) is 84.6 cm³/mol. The van der Waals surface area contributed by atoms with Gasteiger partial charge in [-0.3, -0.25) is 14.9 Å². The number of hydrogen-bond donors (Lipinski definition) is 1. The number of nitrogens with one attached hydrogen (secondary N) is 1. The first-order valence-electron chi connectivity index (χ1n) is 7.19. The van der Waals surface area contributed by atoms with E-state index in [0.717, 1.165) is 18.4 Å². The van der Waals surface area contributed by atoms with Gasteiger partial charge in [-0.25, -0.2) is 0 Å². The molecule has 0 radical (unpaired) electrons. The third-order valence-electron chi connectivity index (χ3n) is 3.32. The maximum Gasteiger partial charge on any atom is 0.269 e. The first-order chi connectivity index (χ1) is 10.6. The van der Waals surface area contributed by atoms with E-state index in [2.05, 4.69) is 17.4 Å². The number of rotatable bonds is 7. The molecule has 0 aliphatic carbocycles. The summed E-state index contributed by atoms with van der Waals surface area (Å²) >= 11 is 0. The van der Waals surface area contributed by atoms with Crippen LogP contribution in [0.1, 0.15) is 17.5 Å². The molecule has 0 heterocycles. The molecule has 0 aliphatic heterocycles. The van der Waals surface area contributed by atoms with Gasteiger partial charge in [-0.2, -0.15) is 0 Å². The lowest BCUT2D eigenvalue weighted by Gasteiger charge is -2.05. The third-order valence-corrected chi connectivity index (χ3v) is 3.32. The number of benzene rings is 2. The van der Waals surface area contributed by atoms with Gasteiger partial charge >= 0.3 is 0 Å². The highest BCUT2D eigenvalue weighted by Gasteiger charge is 2.07. The van der Waals surface area contributed by atoms with E-state index in [4.69, 9.17) is 0 Å². The fraction of sp³-hybridized carbons (Fsp3) is 0.235. The Morgan fingerprint density at radius 3 is 2.32 bits per heavy atom. The number of carbonyl (C=O) groups excluding carboxylic acids is 1. The highest BCUT2D eigenvalue weighted by Crippen LogP contribution is 2.12. The van der Waals surface area contributed by atoms with Crippen molar-refractivity contribution in [3.05, 3.63) is 75.8 Å². The summed E-state index contributed by atoms with van der Waals surface area (Å²) in [7, 11) is 0. The van der Waals surface area contributed by atoms with Crippen molar-refractivity contribution in [2.45, 2.75) is 19.3 Å². The number of amides is 1.